The van der Waals surface area contributed by atoms with E-state index in [1.165, 1.54) is 14.2 Å². The molecule has 0 aromatic carbocycles. The Morgan fingerprint density at radius 1 is 1.10 bits per heavy atom. The van der Waals surface area contributed by atoms with Gasteiger partial charge in [-0.05, 0) is 13.3 Å². The van der Waals surface area contributed by atoms with Crippen LogP contribution in [0.2, 0.25) is 0 Å². The van der Waals surface area contributed by atoms with E-state index in [0.717, 1.165) is 5.57 Å². The van der Waals surface area contributed by atoms with E-state index >= 15 is 0 Å². The first-order valence-electron chi connectivity index (χ1n) is 9.80. The van der Waals surface area contributed by atoms with E-state index in [1.807, 2.05) is 0 Å². The molecule has 0 aromatic heterocycles. The maximum Gasteiger partial charge on any atom is 0.204 e. The predicted octanol–water partition coefficient (Wildman–Crippen LogP) is -1.16. The first-order chi connectivity index (χ1) is 14.2. The van der Waals surface area contributed by atoms with Crippen LogP contribution in [0.25, 0.3) is 0 Å². The van der Waals surface area contributed by atoms with Crippen molar-refractivity contribution >= 4 is 5.78 Å². The summed E-state index contributed by atoms with van der Waals surface area (Å²) in [5.74, 6) is -1.01. The van der Waals surface area contributed by atoms with Crippen LogP contribution in [0, 0.1) is 11.8 Å². The quantitative estimate of drug-likeness (QED) is 0.297. The molecule has 1 aliphatic heterocycles. The van der Waals surface area contributed by atoms with E-state index in [0.29, 0.717) is 6.42 Å². The van der Waals surface area contributed by atoms with Gasteiger partial charge in [0.15, 0.2) is 12.0 Å². The van der Waals surface area contributed by atoms with E-state index in [-0.39, 0.29) is 23.9 Å². The molecular weight excluding hydrogens is 400 g/mol. The molecule has 0 radical (unpaired) electrons. The summed E-state index contributed by atoms with van der Waals surface area (Å²) in [4.78, 5) is 12.5. The molecule has 10 nitrogen and oxygen atoms in total. The molecule has 10 heteroatoms. The lowest BCUT2D eigenvalue weighted by Crippen LogP contribution is -2.59. The highest BCUT2D eigenvalue weighted by Gasteiger charge is 2.44. The fourth-order valence-electron chi connectivity index (χ4n) is 3.69. The van der Waals surface area contributed by atoms with Crippen molar-refractivity contribution in [3.05, 3.63) is 23.2 Å². The number of hydrogen-bond donors (Lipinski definition) is 5. The Kier molecular flexibility index (Phi) is 8.80. The van der Waals surface area contributed by atoms with Crippen molar-refractivity contribution in [3.8, 4) is 0 Å². The molecule has 0 aromatic rings. The summed E-state index contributed by atoms with van der Waals surface area (Å²) in [7, 11) is 2.72. The normalized spacial score (nSPS) is 38.0. The molecule has 172 valence electrons. The molecule has 1 saturated heterocycles. The van der Waals surface area contributed by atoms with Crippen LogP contribution in [0.15, 0.2) is 23.2 Å². The van der Waals surface area contributed by atoms with Gasteiger partial charge in [0.05, 0.1) is 27.4 Å². The van der Waals surface area contributed by atoms with Crippen molar-refractivity contribution in [3.63, 3.8) is 0 Å². The highest BCUT2D eigenvalue weighted by molar-refractivity contribution is 5.97. The van der Waals surface area contributed by atoms with Crippen molar-refractivity contribution in [2.24, 2.45) is 11.8 Å². The number of methoxy groups -OCH3 is 2. The zero-order valence-corrected chi connectivity index (χ0v) is 17.6. The lowest BCUT2D eigenvalue weighted by molar-refractivity contribution is -0.299. The number of allylic oxidation sites excluding steroid dienone is 2. The molecule has 2 rings (SSSR count). The van der Waals surface area contributed by atoms with Gasteiger partial charge in [-0.1, -0.05) is 18.6 Å². The number of hydrogen-bond acceptors (Lipinski definition) is 10. The average Bonchev–Trinajstić information content (AvgIpc) is 2.73. The Labute approximate surface area is 175 Å². The molecule has 2 aliphatic rings. The minimum absolute atomic E-state index is 0.0282. The van der Waals surface area contributed by atoms with Crippen molar-refractivity contribution in [2.75, 3.05) is 27.4 Å². The Bertz CT molecular complexity index is 658. The van der Waals surface area contributed by atoms with Crippen molar-refractivity contribution < 1.29 is 49.3 Å². The largest absolute Gasteiger partial charge is 0.494 e. The van der Waals surface area contributed by atoms with Gasteiger partial charge < -0.3 is 44.5 Å². The van der Waals surface area contributed by atoms with Crippen molar-refractivity contribution in [1.82, 2.24) is 0 Å². The van der Waals surface area contributed by atoms with Gasteiger partial charge in [-0.3, -0.25) is 4.79 Å². The standard InChI is InChI=1S/C20H32O10/c1-9(8-29-20-17(26)16(25)15(24)12(7-21)30-20)5-6-11-10(2)13(22)18(27-3)19(28-4)14(11)23/h5,10-12,14-17,20-21,23-26H,6-8H2,1-4H3/t10?,11?,12?,14?,15-,16?,17+,20-/m0/s1. The topological polar surface area (TPSA) is 155 Å². The van der Waals surface area contributed by atoms with Crippen LogP contribution in [0.5, 0.6) is 0 Å². The van der Waals surface area contributed by atoms with Crippen LogP contribution in [-0.4, -0.2) is 95.6 Å². The molecule has 5 N–H and O–H groups in total. The SMILES string of the molecule is COC1=C(OC)C(O)C(CC=C(C)CO[C@H]2OC(CO)[C@H](O)C(O)[C@H]2O)C(C)C1=O. The van der Waals surface area contributed by atoms with Crippen LogP contribution < -0.4 is 0 Å². The number of Topliss-reactive ketones (excluding diaryl/α,β-unsaturated/α-hetero) is 1. The molecule has 0 amide bonds. The van der Waals surface area contributed by atoms with Gasteiger partial charge in [0.2, 0.25) is 11.5 Å². The molecule has 0 bridgehead atoms. The van der Waals surface area contributed by atoms with Gasteiger partial charge in [0.25, 0.3) is 0 Å². The number of aliphatic hydroxyl groups is 5. The summed E-state index contributed by atoms with van der Waals surface area (Å²) in [5.41, 5.74) is 0.735. The monoisotopic (exact) mass is 432 g/mol. The molecule has 0 saturated carbocycles. The minimum atomic E-state index is -1.51. The molecule has 5 unspecified atom stereocenters. The summed E-state index contributed by atoms with van der Waals surface area (Å²) in [6, 6.07) is 0. The van der Waals surface area contributed by atoms with E-state index in [2.05, 4.69) is 0 Å². The zero-order chi connectivity index (χ0) is 22.6. The number of aliphatic hydroxyl groups excluding tert-OH is 5. The van der Waals surface area contributed by atoms with E-state index < -0.39 is 55.3 Å². The van der Waals surface area contributed by atoms with Crippen LogP contribution in [0.1, 0.15) is 20.3 Å². The smallest absolute Gasteiger partial charge is 0.204 e. The number of ether oxygens (including phenoxy) is 4. The highest BCUT2D eigenvalue weighted by atomic mass is 16.7. The Morgan fingerprint density at radius 3 is 2.33 bits per heavy atom. The van der Waals surface area contributed by atoms with E-state index in [4.69, 9.17) is 18.9 Å². The summed E-state index contributed by atoms with van der Waals surface area (Å²) >= 11 is 0. The van der Waals surface area contributed by atoms with Crippen LogP contribution in [0.4, 0.5) is 0 Å². The second kappa shape index (κ2) is 10.7. The van der Waals surface area contributed by atoms with Gasteiger partial charge in [0.1, 0.15) is 30.5 Å². The number of carbonyl (C=O) groups excluding carboxylic acids is 1. The summed E-state index contributed by atoms with van der Waals surface area (Å²) < 4.78 is 21.0. The Hall–Kier alpha value is -1.53. The van der Waals surface area contributed by atoms with Crippen molar-refractivity contribution in [2.45, 2.75) is 57.1 Å². The number of carbonyl (C=O) groups is 1. The molecule has 1 fully saturated rings. The van der Waals surface area contributed by atoms with Crippen LogP contribution >= 0.6 is 0 Å². The van der Waals surface area contributed by atoms with E-state index in [9.17, 15) is 30.3 Å². The number of rotatable bonds is 8. The predicted molar refractivity (Wildman–Crippen MR) is 103 cm³/mol. The highest BCUT2D eigenvalue weighted by Crippen LogP contribution is 2.35. The summed E-state index contributed by atoms with van der Waals surface area (Å²) in [6.45, 7) is 2.97. The first-order valence-corrected chi connectivity index (χ1v) is 9.80. The van der Waals surface area contributed by atoms with Crippen molar-refractivity contribution in [1.29, 1.82) is 0 Å². The average molecular weight is 432 g/mol. The second-order valence-corrected chi connectivity index (χ2v) is 7.66. The van der Waals surface area contributed by atoms with Gasteiger partial charge in [-0.2, -0.15) is 0 Å². The fraction of sp³-hybridized carbons (Fsp3) is 0.750. The Balaban J connectivity index is 2.00. The third-order valence-corrected chi connectivity index (χ3v) is 5.66. The third-order valence-electron chi connectivity index (χ3n) is 5.66. The first kappa shape index (κ1) is 24.7. The number of ketones is 1. The van der Waals surface area contributed by atoms with Gasteiger partial charge in [0, 0.05) is 11.8 Å². The maximum atomic E-state index is 12.5. The molecular formula is C20H32O10. The lowest BCUT2D eigenvalue weighted by Gasteiger charge is -2.39. The fourth-order valence-corrected chi connectivity index (χ4v) is 3.69. The molecule has 1 aliphatic carbocycles. The Morgan fingerprint density at radius 2 is 1.77 bits per heavy atom. The minimum Gasteiger partial charge on any atom is -0.494 e. The lowest BCUT2D eigenvalue weighted by atomic mass is 9.77. The van der Waals surface area contributed by atoms with Gasteiger partial charge >= 0.3 is 0 Å². The third kappa shape index (κ3) is 5.02. The van der Waals surface area contributed by atoms with Gasteiger partial charge in [-0.25, -0.2) is 0 Å². The van der Waals surface area contributed by atoms with E-state index in [1.54, 1.807) is 19.9 Å². The van der Waals surface area contributed by atoms with Gasteiger partial charge in [-0.15, -0.1) is 0 Å². The molecule has 8 atom stereocenters. The van der Waals surface area contributed by atoms with Crippen LogP contribution in [-0.2, 0) is 23.7 Å². The zero-order valence-electron chi connectivity index (χ0n) is 17.6. The summed E-state index contributed by atoms with van der Waals surface area (Å²) in [5, 5.41) is 49.4. The molecule has 0 spiro atoms. The summed E-state index contributed by atoms with van der Waals surface area (Å²) in [6.07, 6.45) is -5.55. The molecule has 1 heterocycles. The van der Waals surface area contributed by atoms with Crippen LogP contribution in [0.3, 0.4) is 0 Å². The molecule has 30 heavy (non-hydrogen) atoms. The maximum absolute atomic E-state index is 12.5. The second-order valence-electron chi connectivity index (χ2n) is 7.66.